The lowest BCUT2D eigenvalue weighted by Gasteiger charge is -2.25. The first-order valence-corrected chi connectivity index (χ1v) is 4.10. The van der Waals surface area contributed by atoms with Crippen molar-refractivity contribution in [2.24, 2.45) is 5.41 Å². The zero-order chi connectivity index (χ0) is 10.7. The molecule has 0 N–H and O–H groups in total. The summed E-state index contributed by atoms with van der Waals surface area (Å²) in [6, 6.07) is 0. The number of hydrogen-bond donors (Lipinski definition) is 0. The quantitative estimate of drug-likeness (QED) is 0.370. The molecule has 2 nitrogen and oxygen atoms in total. The SMILES string of the molecule is C#CC(C)(C=C)OC(=O)C(C)(C)C. The summed E-state index contributed by atoms with van der Waals surface area (Å²) < 4.78 is 5.11. The molecular formula is C11H16O2. The van der Waals surface area contributed by atoms with E-state index in [0.717, 1.165) is 0 Å². The number of terminal acetylenes is 1. The van der Waals surface area contributed by atoms with Crippen LogP contribution < -0.4 is 0 Å². The topological polar surface area (TPSA) is 26.3 Å². The molecule has 0 radical (unpaired) electrons. The summed E-state index contributed by atoms with van der Waals surface area (Å²) in [7, 11) is 0. The number of ether oxygens (including phenoxy) is 1. The Morgan fingerprint density at radius 3 is 2.15 bits per heavy atom. The summed E-state index contributed by atoms with van der Waals surface area (Å²) in [6.07, 6.45) is 6.65. The highest BCUT2D eigenvalue weighted by Crippen LogP contribution is 2.20. The second-order valence-corrected chi connectivity index (χ2v) is 4.10. The van der Waals surface area contributed by atoms with Crippen molar-refractivity contribution in [3.8, 4) is 12.3 Å². The maximum Gasteiger partial charge on any atom is 0.312 e. The molecule has 72 valence electrons. The van der Waals surface area contributed by atoms with E-state index in [9.17, 15) is 4.79 Å². The van der Waals surface area contributed by atoms with Crippen molar-refractivity contribution >= 4 is 5.97 Å². The van der Waals surface area contributed by atoms with Crippen molar-refractivity contribution in [3.05, 3.63) is 12.7 Å². The molecule has 0 heterocycles. The average Bonchev–Trinajstić information content (AvgIpc) is 2.02. The van der Waals surface area contributed by atoms with Crippen LogP contribution >= 0.6 is 0 Å². The molecule has 0 aromatic rings. The lowest BCUT2D eigenvalue weighted by atomic mass is 9.96. The maximum absolute atomic E-state index is 11.4. The Hall–Kier alpha value is -1.23. The van der Waals surface area contributed by atoms with Crippen LogP contribution in [0.2, 0.25) is 0 Å². The molecule has 0 fully saturated rings. The van der Waals surface area contributed by atoms with Gasteiger partial charge in [-0.25, -0.2) is 0 Å². The van der Waals surface area contributed by atoms with Gasteiger partial charge in [0.15, 0.2) is 5.60 Å². The van der Waals surface area contributed by atoms with E-state index in [1.807, 2.05) is 0 Å². The summed E-state index contributed by atoms with van der Waals surface area (Å²) >= 11 is 0. The van der Waals surface area contributed by atoms with E-state index in [2.05, 4.69) is 12.5 Å². The van der Waals surface area contributed by atoms with Crippen LogP contribution in [0.3, 0.4) is 0 Å². The molecule has 0 aliphatic heterocycles. The minimum atomic E-state index is -0.996. The lowest BCUT2D eigenvalue weighted by Crippen LogP contribution is -2.33. The van der Waals surface area contributed by atoms with Gasteiger partial charge in [0, 0.05) is 0 Å². The Balaban J connectivity index is 4.56. The highest BCUT2D eigenvalue weighted by Gasteiger charge is 2.30. The molecule has 1 unspecified atom stereocenters. The van der Waals surface area contributed by atoms with Crippen molar-refractivity contribution < 1.29 is 9.53 Å². The molecule has 0 amide bonds. The van der Waals surface area contributed by atoms with Gasteiger partial charge in [-0.15, -0.1) is 6.42 Å². The standard InChI is InChI=1S/C11H16O2/c1-7-11(6,8-2)13-9(12)10(3,4)5/h1,8H,2H2,3-6H3. The van der Waals surface area contributed by atoms with E-state index in [0.29, 0.717) is 0 Å². The fourth-order valence-corrected chi connectivity index (χ4v) is 0.476. The van der Waals surface area contributed by atoms with Crippen LogP contribution in [0, 0.1) is 17.8 Å². The van der Waals surface area contributed by atoms with Gasteiger partial charge < -0.3 is 4.74 Å². The van der Waals surface area contributed by atoms with Gasteiger partial charge in [-0.2, -0.15) is 0 Å². The second kappa shape index (κ2) is 3.66. The third kappa shape index (κ3) is 3.33. The Bertz CT molecular complexity index is 252. The first-order valence-electron chi connectivity index (χ1n) is 4.10. The third-order valence-electron chi connectivity index (χ3n) is 1.59. The molecule has 0 saturated carbocycles. The number of rotatable bonds is 2. The highest BCUT2D eigenvalue weighted by atomic mass is 16.6. The fraction of sp³-hybridized carbons (Fsp3) is 0.545. The molecule has 0 aromatic heterocycles. The van der Waals surface area contributed by atoms with Crippen molar-refractivity contribution in [3.63, 3.8) is 0 Å². The third-order valence-corrected chi connectivity index (χ3v) is 1.59. The predicted molar refractivity (Wildman–Crippen MR) is 53.0 cm³/mol. The maximum atomic E-state index is 11.4. The van der Waals surface area contributed by atoms with E-state index in [-0.39, 0.29) is 5.97 Å². The summed E-state index contributed by atoms with van der Waals surface area (Å²) in [5.41, 5.74) is -1.54. The van der Waals surface area contributed by atoms with Crippen LogP contribution in [-0.2, 0) is 9.53 Å². The molecule has 0 aromatic carbocycles. The van der Waals surface area contributed by atoms with Crippen LogP contribution in [0.25, 0.3) is 0 Å². The van der Waals surface area contributed by atoms with Crippen molar-refractivity contribution in [1.82, 2.24) is 0 Å². The van der Waals surface area contributed by atoms with Crippen LogP contribution in [0.15, 0.2) is 12.7 Å². The normalized spacial score (nSPS) is 15.3. The van der Waals surface area contributed by atoms with Gasteiger partial charge in [0.05, 0.1) is 5.41 Å². The predicted octanol–water partition coefficient (Wildman–Crippen LogP) is 2.15. The van der Waals surface area contributed by atoms with Crippen LogP contribution in [-0.4, -0.2) is 11.6 Å². The van der Waals surface area contributed by atoms with E-state index in [1.165, 1.54) is 6.08 Å². The van der Waals surface area contributed by atoms with Gasteiger partial charge in [0.2, 0.25) is 0 Å². The van der Waals surface area contributed by atoms with E-state index in [4.69, 9.17) is 11.2 Å². The summed E-state index contributed by atoms with van der Waals surface area (Å²) in [5.74, 6) is 2.04. The molecule has 0 saturated heterocycles. The van der Waals surface area contributed by atoms with Crippen molar-refractivity contribution in [2.75, 3.05) is 0 Å². The molecule has 2 heteroatoms. The van der Waals surface area contributed by atoms with Crippen LogP contribution in [0.1, 0.15) is 27.7 Å². The smallest absolute Gasteiger partial charge is 0.312 e. The van der Waals surface area contributed by atoms with Crippen molar-refractivity contribution in [1.29, 1.82) is 0 Å². The molecule has 0 spiro atoms. The molecule has 0 aliphatic rings. The van der Waals surface area contributed by atoms with E-state index < -0.39 is 11.0 Å². The zero-order valence-electron chi connectivity index (χ0n) is 8.68. The first kappa shape index (κ1) is 11.8. The molecule has 0 bridgehead atoms. The number of esters is 1. The highest BCUT2D eigenvalue weighted by molar-refractivity contribution is 5.76. The largest absolute Gasteiger partial charge is 0.442 e. The summed E-state index contributed by atoms with van der Waals surface area (Å²) in [6.45, 7) is 10.5. The summed E-state index contributed by atoms with van der Waals surface area (Å²) in [4.78, 5) is 11.4. The Labute approximate surface area is 80.0 Å². The molecule has 0 aliphatic carbocycles. The van der Waals surface area contributed by atoms with Gasteiger partial charge in [0.1, 0.15) is 0 Å². The lowest BCUT2D eigenvalue weighted by molar-refractivity contribution is -0.159. The van der Waals surface area contributed by atoms with Crippen molar-refractivity contribution in [2.45, 2.75) is 33.3 Å². The van der Waals surface area contributed by atoms with Gasteiger partial charge >= 0.3 is 5.97 Å². The second-order valence-electron chi connectivity index (χ2n) is 4.10. The van der Waals surface area contributed by atoms with Gasteiger partial charge in [-0.3, -0.25) is 4.79 Å². The molecular weight excluding hydrogens is 164 g/mol. The molecule has 1 atom stereocenters. The Kier molecular flexibility index (Phi) is 3.31. The minimum Gasteiger partial charge on any atom is -0.442 e. The van der Waals surface area contributed by atoms with Crippen LogP contribution in [0.5, 0.6) is 0 Å². The fourth-order valence-electron chi connectivity index (χ4n) is 0.476. The minimum absolute atomic E-state index is 0.326. The number of carbonyl (C=O) groups is 1. The van der Waals surface area contributed by atoms with E-state index >= 15 is 0 Å². The zero-order valence-corrected chi connectivity index (χ0v) is 8.68. The Morgan fingerprint density at radius 2 is 1.92 bits per heavy atom. The Morgan fingerprint density at radius 1 is 1.46 bits per heavy atom. The van der Waals surface area contributed by atoms with E-state index in [1.54, 1.807) is 27.7 Å². The van der Waals surface area contributed by atoms with Gasteiger partial charge in [0.25, 0.3) is 0 Å². The first-order chi connectivity index (χ1) is 5.75. The molecule has 13 heavy (non-hydrogen) atoms. The molecule has 0 rings (SSSR count). The van der Waals surface area contributed by atoms with Gasteiger partial charge in [-0.05, 0) is 33.8 Å². The van der Waals surface area contributed by atoms with Gasteiger partial charge in [-0.1, -0.05) is 12.5 Å². The average molecular weight is 180 g/mol. The number of carbonyl (C=O) groups excluding carboxylic acids is 1. The summed E-state index contributed by atoms with van der Waals surface area (Å²) in [5, 5.41) is 0. The van der Waals surface area contributed by atoms with Crippen LogP contribution in [0.4, 0.5) is 0 Å². The monoisotopic (exact) mass is 180 g/mol. The number of hydrogen-bond acceptors (Lipinski definition) is 2.